The van der Waals surface area contributed by atoms with Gasteiger partial charge in [-0.1, -0.05) is 5.11 Å². The third-order valence-electron chi connectivity index (χ3n) is 8.57. The normalized spacial score (nSPS) is 38.1. The number of alkyl halides is 2. The molecule has 3 fully saturated rings. The SMILES string of the molecule is [N-]=[N+]=NCCCC(=O)Nc1ccc(O[C@@H]2OC(CO)[C@@H](O[C@H]3OC(CO)[C@@H](O[C@H]4OC(CO)[C@@H](O)C(O)C4O)C(O)C3O)C(O)C2O)c(C(F)F)c1. The van der Waals surface area contributed by atoms with Gasteiger partial charge in [0.05, 0.1) is 25.4 Å². The third kappa shape index (κ3) is 9.58. The monoisotopic (exact) mass is 756 g/mol. The number of rotatable bonds is 15. The number of halogens is 2. The minimum atomic E-state index is -3.16. The predicted molar refractivity (Wildman–Crippen MR) is 163 cm³/mol. The van der Waals surface area contributed by atoms with Gasteiger partial charge in [0.2, 0.25) is 12.2 Å². The molecule has 4 rings (SSSR count). The highest BCUT2D eigenvalue weighted by Gasteiger charge is 2.53. The first kappa shape index (κ1) is 41.8. The Labute approximate surface area is 293 Å². The van der Waals surface area contributed by atoms with E-state index in [4.69, 9.17) is 34.0 Å². The van der Waals surface area contributed by atoms with Gasteiger partial charge >= 0.3 is 0 Å². The maximum atomic E-state index is 14.0. The molecule has 0 spiro atoms. The van der Waals surface area contributed by atoms with Crippen LogP contribution in [-0.4, -0.2) is 175 Å². The first-order valence-electron chi connectivity index (χ1n) is 16.0. The Morgan fingerprint density at radius 2 is 1.31 bits per heavy atom. The molecule has 0 aliphatic carbocycles. The van der Waals surface area contributed by atoms with Crippen LogP contribution in [0.1, 0.15) is 24.8 Å². The molecular formula is C29H42F2N4O17. The Kier molecular flexibility index (Phi) is 15.2. The number of hydrogen-bond acceptors (Lipinski definition) is 18. The fourth-order valence-corrected chi connectivity index (χ4v) is 5.75. The van der Waals surface area contributed by atoms with E-state index < -0.39 is 136 Å². The zero-order chi connectivity index (χ0) is 38.3. The van der Waals surface area contributed by atoms with E-state index in [1.807, 2.05) is 0 Å². The maximum absolute atomic E-state index is 14.0. The van der Waals surface area contributed by atoms with Crippen LogP contribution in [0.4, 0.5) is 14.5 Å². The highest BCUT2D eigenvalue weighted by atomic mass is 19.3. The van der Waals surface area contributed by atoms with E-state index in [-0.39, 0.29) is 25.1 Å². The number of hydrogen-bond donors (Lipinski definition) is 11. The second-order valence-electron chi connectivity index (χ2n) is 12.1. The van der Waals surface area contributed by atoms with Gasteiger partial charge in [0.15, 0.2) is 12.6 Å². The highest BCUT2D eigenvalue weighted by Crippen LogP contribution is 2.36. The topological polar surface area (TPSA) is 336 Å². The van der Waals surface area contributed by atoms with Crippen LogP contribution in [0.5, 0.6) is 5.75 Å². The van der Waals surface area contributed by atoms with Crippen LogP contribution in [0.3, 0.4) is 0 Å². The summed E-state index contributed by atoms with van der Waals surface area (Å²) in [4.78, 5) is 14.7. The van der Waals surface area contributed by atoms with Gasteiger partial charge < -0.3 is 84.8 Å². The minimum absolute atomic E-state index is 0.0291. The molecule has 23 heteroatoms. The first-order valence-corrected chi connectivity index (χ1v) is 16.0. The second kappa shape index (κ2) is 18.9. The van der Waals surface area contributed by atoms with Gasteiger partial charge in [0.25, 0.3) is 6.43 Å². The molecule has 3 aliphatic rings. The van der Waals surface area contributed by atoms with E-state index in [9.17, 15) is 64.6 Å². The first-order chi connectivity index (χ1) is 24.8. The maximum Gasteiger partial charge on any atom is 0.267 e. The summed E-state index contributed by atoms with van der Waals surface area (Å²) in [6.45, 7) is -2.59. The van der Waals surface area contributed by atoms with Gasteiger partial charge in [-0.15, -0.1) is 0 Å². The Hall–Kier alpha value is -2.94. The lowest BCUT2D eigenvalue weighted by Crippen LogP contribution is -2.66. The fourth-order valence-electron chi connectivity index (χ4n) is 5.75. The lowest BCUT2D eigenvalue weighted by atomic mass is 9.96. The largest absolute Gasteiger partial charge is 0.461 e. The van der Waals surface area contributed by atoms with Gasteiger partial charge in [0, 0.05) is 23.6 Å². The zero-order valence-corrected chi connectivity index (χ0v) is 27.1. The van der Waals surface area contributed by atoms with Gasteiger partial charge in [-0.25, -0.2) is 8.78 Å². The van der Waals surface area contributed by atoms with Crippen molar-refractivity contribution >= 4 is 11.6 Å². The van der Waals surface area contributed by atoms with Crippen molar-refractivity contribution in [2.75, 3.05) is 31.7 Å². The average molecular weight is 757 g/mol. The second-order valence-corrected chi connectivity index (χ2v) is 12.1. The van der Waals surface area contributed by atoms with Gasteiger partial charge in [-0.05, 0) is 30.2 Å². The highest BCUT2D eigenvalue weighted by molar-refractivity contribution is 5.90. The molecule has 1 amide bonds. The van der Waals surface area contributed by atoms with E-state index in [1.54, 1.807) is 0 Å². The third-order valence-corrected chi connectivity index (χ3v) is 8.57. The van der Waals surface area contributed by atoms with Crippen LogP contribution in [-0.2, 0) is 28.5 Å². The summed E-state index contributed by atoms with van der Waals surface area (Å²) in [6, 6.07) is 3.17. The summed E-state index contributed by atoms with van der Waals surface area (Å²) in [5.41, 5.74) is 7.54. The number of carbonyl (C=O) groups is 1. The molecule has 3 aliphatic heterocycles. The van der Waals surface area contributed by atoms with Crippen LogP contribution in [0.15, 0.2) is 23.3 Å². The van der Waals surface area contributed by atoms with Crippen molar-refractivity contribution < 1.29 is 93.1 Å². The van der Waals surface area contributed by atoms with Crippen molar-refractivity contribution in [3.8, 4) is 5.75 Å². The number of aliphatic hydroxyl groups excluding tert-OH is 10. The number of ether oxygens (including phenoxy) is 6. The number of azide groups is 1. The van der Waals surface area contributed by atoms with Crippen LogP contribution in [0.2, 0.25) is 0 Å². The number of carbonyl (C=O) groups excluding carboxylic acids is 1. The van der Waals surface area contributed by atoms with Crippen LogP contribution in [0, 0.1) is 0 Å². The predicted octanol–water partition coefficient (Wildman–Crippen LogP) is -3.52. The molecule has 0 saturated carbocycles. The molecule has 0 radical (unpaired) electrons. The van der Waals surface area contributed by atoms with Crippen molar-refractivity contribution in [3.05, 3.63) is 34.2 Å². The molecule has 9 unspecified atom stereocenters. The molecule has 0 bridgehead atoms. The molecular weight excluding hydrogens is 714 g/mol. The van der Waals surface area contributed by atoms with Crippen LogP contribution in [0.25, 0.3) is 10.4 Å². The van der Waals surface area contributed by atoms with Gasteiger partial charge in [0.1, 0.15) is 79.0 Å². The molecule has 1 aromatic rings. The van der Waals surface area contributed by atoms with Crippen molar-refractivity contribution in [1.29, 1.82) is 0 Å². The number of amides is 1. The zero-order valence-electron chi connectivity index (χ0n) is 27.1. The van der Waals surface area contributed by atoms with Crippen LogP contribution >= 0.6 is 0 Å². The number of nitrogens with one attached hydrogen (secondary N) is 1. The smallest absolute Gasteiger partial charge is 0.267 e. The molecule has 11 N–H and O–H groups in total. The van der Waals surface area contributed by atoms with E-state index in [0.717, 1.165) is 12.1 Å². The lowest BCUT2D eigenvalue weighted by molar-refractivity contribution is -0.376. The van der Waals surface area contributed by atoms with E-state index >= 15 is 0 Å². The van der Waals surface area contributed by atoms with E-state index in [2.05, 4.69) is 15.3 Å². The molecule has 15 atom stereocenters. The number of benzene rings is 1. The summed E-state index contributed by atoms with van der Waals surface area (Å²) in [7, 11) is 0. The molecule has 3 saturated heterocycles. The van der Waals surface area contributed by atoms with E-state index in [1.165, 1.54) is 6.07 Å². The minimum Gasteiger partial charge on any atom is -0.461 e. The summed E-state index contributed by atoms with van der Waals surface area (Å²) in [5, 5.41) is 109. The molecule has 1 aromatic carbocycles. The standard InChI is InChI=1S/C29H42F2N4O17/c30-26(31)11-6-10(34-16(39)2-1-5-33-35-32)3-4-12(11)47-27-22(45)19(42)24(14(8-37)49-27)52-29-23(46)20(43)25(15(9-38)50-29)51-28-21(44)18(41)17(40)13(7-36)48-28/h3-4,6,13-15,17-29,36-38,40-46H,1-2,5,7-9H2,(H,34,39)/t13?,14?,15?,17-,18?,19?,20?,21?,22?,23?,24-,25-,27-,28-,29-/m1/s1. The van der Waals surface area contributed by atoms with E-state index in [0.29, 0.717) is 0 Å². The van der Waals surface area contributed by atoms with Gasteiger partial charge in [-0.2, -0.15) is 0 Å². The number of anilines is 1. The quantitative estimate of drug-likeness (QED) is 0.0358. The molecule has 0 aromatic heterocycles. The number of nitrogens with zero attached hydrogens (tertiary/aromatic N) is 3. The Morgan fingerprint density at radius 3 is 1.85 bits per heavy atom. The van der Waals surface area contributed by atoms with Crippen LogP contribution < -0.4 is 10.1 Å². The summed E-state index contributed by atoms with van der Waals surface area (Å²) in [5.74, 6) is -1.07. The molecule has 3 heterocycles. The Bertz CT molecular complexity index is 1360. The van der Waals surface area contributed by atoms with Crippen molar-refractivity contribution in [2.24, 2.45) is 5.11 Å². The fraction of sp³-hybridized carbons (Fsp3) is 0.759. The van der Waals surface area contributed by atoms with Gasteiger partial charge in [-0.3, -0.25) is 4.79 Å². The van der Waals surface area contributed by atoms with Crippen molar-refractivity contribution in [1.82, 2.24) is 0 Å². The summed E-state index contributed by atoms with van der Waals surface area (Å²) in [6.07, 6.45) is -30.1. The summed E-state index contributed by atoms with van der Waals surface area (Å²) >= 11 is 0. The molecule has 21 nitrogen and oxygen atoms in total. The average Bonchev–Trinajstić information content (AvgIpc) is 3.13. The summed E-state index contributed by atoms with van der Waals surface area (Å²) < 4.78 is 60.9. The van der Waals surface area contributed by atoms with Crippen molar-refractivity contribution in [3.63, 3.8) is 0 Å². The Balaban J connectivity index is 1.42. The number of aliphatic hydroxyl groups is 10. The molecule has 52 heavy (non-hydrogen) atoms. The van der Waals surface area contributed by atoms with Crippen molar-refractivity contribution in [2.45, 2.75) is 111 Å². The Morgan fingerprint density at radius 1 is 0.788 bits per heavy atom. The molecule has 294 valence electrons. The lowest BCUT2D eigenvalue weighted by Gasteiger charge is -2.48.